The van der Waals surface area contributed by atoms with Crippen LogP contribution in [0.3, 0.4) is 0 Å². The number of ether oxygens (including phenoxy) is 3. The maximum absolute atomic E-state index is 12.5. The minimum absolute atomic E-state index is 0. The Hall–Kier alpha value is -2.19. The number of aryl methyl sites for hydroxylation is 1. The van der Waals surface area contributed by atoms with Crippen molar-refractivity contribution in [1.82, 2.24) is 4.98 Å². The molecule has 0 spiro atoms. The Bertz CT molecular complexity index is 705. The summed E-state index contributed by atoms with van der Waals surface area (Å²) in [6.45, 7) is 5.82. The number of esters is 2. The molecule has 0 aliphatic carbocycles. The molecule has 2 rings (SSSR count). The first-order chi connectivity index (χ1) is 12.0. The van der Waals surface area contributed by atoms with Gasteiger partial charge in [-0.2, -0.15) is 0 Å². The highest BCUT2D eigenvalue weighted by atomic mass is 79.9. The molecular weight excluding hydrogens is 404 g/mol. The summed E-state index contributed by atoms with van der Waals surface area (Å²) in [4.78, 5) is 27.7. The zero-order valence-corrected chi connectivity index (χ0v) is 16.6. The monoisotopic (exact) mass is 426 g/mol. The lowest BCUT2D eigenvalue weighted by atomic mass is 10.1. The average molecular weight is 427 g/mol. The largest absolute Gasteiger partial charge is 1.00 e. The van der Waals surface area contributed by atoms with Gasteiger partial charge >= 0.3 is 11.9 Å². The molecule has 1 aromatic heterocycles. The number of hydrogen-bond donors (Lipinski definition) is 1. The second kappa shape index (κ2) is 10.7. The van der Waals surface area contributed by atoms with Crippen molar-refractivity contribution < 1.29 is 45.3 Å². The second-order valence-corrected chi connectivity index (χ2v) is 5.52. The average Bonchev–Trinajstić information content (AvgIpc) is 3.07. The summed E-state index contributed by atoms with van der Waals surface area (Å²) in [6, 6.07) is 6.37. The molecule has 0 fully saturated rings. The molecule has 0 saturated heterocycles. The Morgan fingerprint density at radius 3 is 2.65 bits per heavy atom. The minimum Gasteiger partial charge on any atom is -1.00 e. The van der Waals surface area contributed by atoms with Gasteiger partial charge in [-0.25, -0.2) is 14.2 Å². The number of carbonyl (C=O) groups is 2. The van der Waals surface area contributed by atoms with Crippen LogP contribution in [0, 0.1) is 6.92 Å². The molecule has 26 heavy (non-hydrogen) atoms. The molecule has 1 aromatic carbocycles. The van der Waals surface area contributed by atoms with E-state index in [9.17, 15) is 9.59 Å². The van der Waals surface area contributed by atoms with Crippen LogP contribution in [-0.2, 0) is 30.4 Å². The summed E-state index contributed by atoms with van der Waals surface area (Å²) in [5.74, 6) is -1.43. The number of aromatic amines is 1. The summed E-state index contributed by atoms with van der Waals surface area (Å²) in [5.41, 5.74) is 1.91. The fourth-order valence-electron chi connectivity index (χ4n) is 2.33. The van der Waals surface area contributed by atoms with Crippen molar-refractivity contribution in [2.45, 2.75) is 39.7 Å². The molecule has 0 radical (unpaired) electrons. The number of benzene rings is 1. The van der Waals surface area contributed by atoms with Crippen LogP contribution in [-0.4, -0.2) is 29.8 Å². The van der Waals surface area contributed by atoms with Crippen molar-refractivity contribution in [3.05, 3.63) is 54.1 Å². The van der Waals surface area contributed by atoms with E-state index < -0.39 is 24.3 Å². The van der Waals surface area contributed by atoms with Crippen molar-refractivity contribution in [1.29, 1.82) is 0 Å². The molecule has 0 bridgehead atoms. The maximum Gasteiger partial charge on any atom is 0.366 e. The van der Waals surface area contributed by atoms with E-state index in [4.69, 9.17) is 14.2 Å². The number of nitrogens with one attached hydrogen (secondary N) is 1. The molecule has 142 valence electrons. The topological polar surface area (TPSA) is 81.5 Å². The van der Waals surface area contributed by atoms with E-state index in [1.165, 1.54) is 10.9 Å². The fraction of sp³-hybridized carbons (Fsp3) is 0.389. The van der Waals surface area contributed by atoms with E-state index in [-0.39, 0.29) is 23.6 Å². The van der Waals surface area contributed by atoms with Gasteiger partial charge in [0.1, 0.15) is 19.0 Å². The first-order valence-corrected chi connectivity index (χ1v) is 8.09. The van der Waals surface area contributed by atoms with E-state index in [1.54, 1.807) is 26.2 Å². The van der Waals surface area contributed by atoms with Crippen molar-refractivity contribution in [3.8, 4) is 0 Å². The molecule has 0 aliphatic rings. The highest BCUT2D eigenvalue weighted by Crippen LogP contribution is 2.10. The van der Waals surface area contributed by atoms with Gasteiger partial charge in [-0.1, -0.05) is 29.8 Å². The molecule has 1 heterocycles. The SMILES string of the molecule is CCO[C@H](C)OC(=O)C(C(=O)OCc1cccc(C)c1)[n+]1cc[nH]c1.[Br-]. The molecule has 8 heteroatoms. The number of halogens is 1. The Balaban J connectivity index is 0.00000338. The van der Waals surface area contributed by atoms with Crippen molar-refractivity contribution in [2.75, 3.05) is 6.61 Å². The van der Waals surface area contributed by atoms with E-state index in [0.29, 0.717) is 6.61 Å². The zero-order valence-electron chi connectivity index (χ0n) is 15.0. The Morgan fingerprint density at radius 2 is 2.04 bits per heavy atom. The number of rotatable bonds is 8. The van der Waals surface area contributed by atoms with Crippen LogP contribution in [0.2, 0.25) is 0 Å². The Morgan fingerprint density at radius 1 is 1.27 bits per heavy atom. The number of imidazole rings is 1. The number of aromatic nitrogens is 2. The van der Waals surface area contributed by atoms with Gasteiger partial charge in [0.25, 0.3) is 6.04 Å². The van der Waals surface area contributed by atoms with E-state index in [2.05, 4.69) is 4.98 Å². The Labute approximate surface area is 163 Å². The number of nitrogens with zero attached hydrogens (tertiary/aromatic N) is 1. The van der Waals surface area contributed by atoms with Crippen molar-refractivity contribution in [2.24, 2.45) is 0 Å². The molecule has 2 atom stereocenters. The number of hydrogen-bond acceptors (Lipinski definition) is 5. The van der Waals surface area contributed by atoms with Crippen molar-refractivity contribution >= 4 is 11.9 Å². The van der Waals surface area contributed by atoms with Crippen LogP contribution >= 0.6 is 0 Å². The van der Waals surface area contributed by atoms with Gasteiger partial charge in [-0.05, 0) is 26.3 Å². The number of H-pyrrole nitrogens is 1. The van der Waals surface area contributed by atoms with E-state index in [0.717, 1.165) is 11.1 Å². The van der Waals surface area contributed by atoms with Gasteiger partial charge in [0.2, 0.25) is 6.33 Å². The van der Waals surface area contributed by atoms with Gasteiger partial charge < -0.3 is 31.2 Å². The van der Waals surface area contributed by atoms with Gasteiger partial charge in [0, 0.05) is 6.61 Å². The standard InChI is InChI=1S/C18H22N2O5.BrH/c1-4-23-14(3)25-18(22)16(20-9-8-19-12-20)17(21)24-11-15-7-5-6-13(2)10-15;/h5-10,12,14,16H,4,11H2,1-3H3;1H/t14-,16?;/m0./s1. The van der Waals surface area contributed by atoms with Crippen LogP contribution in [0.25, 0.3) is 0 Å². The molecular formula is C18H23BrN2O5. The summed E-state index contributed by atoms with van der Waals surface area (Å²) < 4.78 is 17.1. The summed E-state index contributed by atoms with van der Waals surface area (Å²) >= 11 is 0. The van der Waals surface area contributed by atoms with Crippen LogP contribution in [0.15, 0.2) is 43.0 Å². The highest BCUT2D eigenvalue weighted by Gasteiger charge is 2.37. The lowest BCUT2D eigenvalue weighted by Gasteiger charge is -2.16. The Kier molecular flexibility index (Phi) is 9.01. The predicted octanol–water partition coefficient (Wildman–Crippen LogP) is -1.18. The van der Waals surface area contributed by atoms with Gasteiger partial charge in [-0.15, -0.1) is 0 Å². The molecule has 1 unspecified atom stereocenters. The minimum atomic E-state index is -1.24. The predicted molar refractivity (Wildman–Crippen MR) is 88.2 cm³/mol. The van der Waals surface area contributed by atoms with Crippen LogP contribution in [0.4, 0.5) is 0 Å². The number of carbonyl (C=O) groups excluding carboxylic acids is 2. The summed E-state index contributed by atoms with van der Waals surface area (Å²) in [6.07, 6.45) is 3.90. The summed E-state index contributed by atoms with van der Waals surface area (Å²) in [5, 5.41) is 0. The second-order valence-electron chi connectivity index (χ2n) is 5.52. The quantitative estimate of drug-likeness (QED) is 0.249. The van der Waals surface area contributed by atoms with Crippen LogP contribution in [0.1, 0.15) is 31.0 Å². The highest BCUT2D eigenvalue weighted by molar-refractivity contribution is 5.95. The van der Waals surface area contributed by atoms with Gasteiger partial charge in [0.15, 0.2) is 6.29 Å². The van der Waals surface area contributed by atoms with Gasteiger partial charge in [-0.3, -0.25) is 4.98 Å². The molecule has 0 saturated carbocycles. The summed E-state index contributed by atoms with van der Waals surface area (Å²) in [7, 11) is 0. The maximum atomic E-state index is 12.5. The first kappa shape index (κ1) is 21.9. The van der Waals surface area contributed by atoms with Crippen LogP contribution < -0.4 is 21.5 Å². The smallest absolute Gasteiger partial charge is 0.366 e. The molecule has 0 amide bonds. The fourth-order valence-corrected chi connectivity index (χ4v) is 2.33. The lowest BCUT2D eigenvalue weighted by Crippen LogP contribution is -3.00. The zero-order chi connectivity index (χ0) is 18.2. The van der Waals surface area contributed by atoms with Crippen molar-refractivity contribution in [3.63, 3.8) is 0 Å². The van der Waals surface area contributed by atoms with E-state index >= 15 is 0 Å². The third-order valence-corrected chi connectivity index (χ3v) is 3.46. The van der Waals surface area contributed by atoms with Gasteiger partial charge in [0.05, 0.1) is 0 Å². The molecule has 0 aliphatic heterocycles. The van der Waals surface area contributed by atoms with Crippen LogP contribution in [0.5, 0.6) is 0 Å². The molecule has 1 N–H and O–H groups in total. The lowest BCUT2D eigenvalue weighted by molar-refractivity contribution is -0.698. The first-order valence-electron chi connectivity index (χ1n) is 8.09. The molecule has 7 nitrogen and oxygen atoms in total. The van der Waals surface area contributed by atoms with E-state index in [1.807, 2.05) is 31.2 Å². The third-order valence-electron chi connectivity index (χ3n) is 3.46. The third kappa shape index (κ3) is 6.27. The molecule has 2 aromatic rings. The normalized spacial score (nSPS) is 12.6.